The molecule has 1 amide bonds. The molecule has 3 aromatic rings. The molecule has 0 bridgehead atoms. The minimum absolute atomic E-state index is 0.160. The summed E-state index contributed by atoms with van der Waals surface area (Å²) in [7, 11) is 1.92. The number of carbonyl (C=O) groups is 1. The van der Waals surface area contributed by atoms with Crippen LogP contribution in [0.3, 0.4) is 0 Å². The molecule has 124 valence electrons. The van der Waals surface area contributed by atoms with Gasteiger partial charge in [0.1, 0.15) is 6.54 Å². The Hall–Kier alpha value is -2.56. The summed E-state index contributed by atoms with van der Waals surface area (Å²) in [5.41, 5.74) is 3.39. The second kappa shape index (κ2) is 5.82. The molecule has 1 atom stereocenters. The van der Waals surface area contributed by atoms with Gasteiger partial charge >= 0.3 is 0 Å². The lowest BCUT2D eigenvalue weighted by molar-refractivity contribution is -0.132. The molecule has 0 saturated carbocycles. The van der Waals surface area contributed by atoms with Crippen molar-refractivity contribution in [1.82, 2.24) is 19.2 Å². The standard InChI is InChI=1S/C19H22N4O/c1-14-10-15-6-3-4-7-17(15)23(14)13-19(24)22-9-5-8-18(22)16-11-20-21(2)12-16/h3-4,6-7,10-12,18H,5,8-9,13H2,1-2H3/t18-/m1/s1. The zero-order valence-electron chi connectivity index (χ0n) is 14.1. The summed E-state index contributed by atoms with van der Waals surface area (Å²) in [6.07, 6.45) is 5.97. The van der Waals surface area contributed by atoms with Crippen molar-refractivity contribution in [2.75, 3.05) is 6.54 Å². The summed E-state index contributed by atoms with van der Waals surface area (Å²) in [6.45, 7) is 3.29. The summed E-state index contributed by atoms with van der Waals surface area (Å²) in [6, 6.07) is 10.5. The number of rotatable bonds is 3. The maximum atomic E-state index is 13.0. The molecular formula is C19H22N4O. The predicted molar refractivity (Wildman–Crippen MR) is 93.6 cm³/mol. The third-order valence-corrected chi connectivity index (χ3v) is 4.99. The van der Waals surface area contributed by atoms with Crippen LogP contribution >= 0.6 is 0 Å². The predicted octanol–water partition coefficient (Wildman–Crippen LogP) is 3.05. The molecule has 0 spiro atoms. The zero-order chi connectivity index (χ0) is 16.7. The van der Waals surface area contributed by atoms with E-state index in [0.29, 0.717) is 6.54 Å². The van der Waals surface area contributed by atoms with E-state index >= 15 is 0 Å². The van der Waals surface area contributed by atoms with E-state index in [9.17, 15) is 4.79 Å². The number of nitrogens with zero attached hydrogens (tertiary/aromatic N) is 4. The molecule has 1 fully saturated rings. The van der Waals surface area contributed by atoms with Gasteiger partial charge in [-0.25, -0.2) is 0 Å². The first-order valence-corrected chi connectivity index (χ1v) is 8.46. The van der Waals surface area contributed by atoms with E-state index in [4.69, 9.17) is 0 Å². The average Bonchev–Trinajstić information content (AvgIpc) is 3.27. The van der Waals surface area contributed by atoms with Gasteiger partial charge in [0.15, 0.2) is 0 Å². The number of aryl methyl sites for hydroxylation is 2. The third-order valence-electron chi connectivity index (χ3n) is 4.99. The van der Waals surface area contributed by atoms with Crippen LogP contribution in [-0.4, -0.2) is 31.7 Å². The lowest BCUT2D eigenvalue weighted by Gasteiger charge is -2.24. The van der Waals surface area contributed by atoms with Crippen LogP contribution in [0.25, 0.3) is 10.9 Å². The molecule has 24 heavy (non-hydrogen) atoms. The smallest absolute Gasteiger partial charge is 0.243 e. The fraction of sp³-hybridized carbons (Fsp3) is 0.368. The highest BCUT2D eigenvalue weighted by Crippen LogP contribution is 2.32. The van der Waals surface area contributed by atoms with Crippen LogP contribution in [0.2, 0.25) is 0 Å². The second-order valence-corrected chi connectivity index (χ2v) is 6.62. The fourth-order valence-electron chi connectivity index (χ4n) is 3.81. The van der Waals surface area contributed by atoms with Crippen molar-refractivity contribution in [3.05, 3.63) is 54.0 Å². The lowest BCUT2D eigenvalue weighted by atomic mass is 10.1. The van der Waals surface area contributed by atoms with E-state index in [1.807, 2.05) is 36.5 Å². The molecule has 0 unspecified atom stereocenters. The number of para-hydroxylation sites is 1. The van der Waals surface area contributed by atoms with E-state index in [0.717, 1.165) is 36.2 Å². The summed E-state index contributed by atoms with van der Waals surface area (Å²) >= 11 is 0. The maximum absolute atomic E-state index is 13.0. The van der Waals surface area contributed by atoms with Crippen LogP contribution in [0, 0.1) is 6.92 Å². The first kappa shape index (κ1) is 15.0. The Bertz CT molecular complexity index is 892. The van der Waals surface area contributed by atoms with Gasteiger partial charge in [-0.2, -0.15) is 5.10 Å². The SMILES string of the molecule is Cc1cc2ccccc2n1CC(=O)N1CCC[C@@H]1c1cnn(C)c1. The minimum Gasteiger partial charge on any atom is -0.335 e. The highest BCUT2D eigenvalue weighted by molar-refractivity contribution is 5.84. The van der Waals surface area contributed by atoms with Gasteiger partial charge in [0.2, 0.25) is 5.91 Å². The Morgan fingerprint density at radius 3 is 2.96 bits per heavy atom. The molecule has 3 heterocycles. The van der Waals surface area contributed by atoms with Crippen molar-refractivity contribution in [2.24, 2.45) is 7.05 Å². The highest BCUT2D eigenvalue weighted by Gasteiger charge is 2.31. The van der Waals surface area contributed by atoms with Crippen molar-refractivity contribution in [3.8, 4) is 0 Å². The van der Waals surface area contributed by atoms with Crippen LogP contribution in [0.4, 0.5) is 0 Å². The fourth-order valence-corrected chi connectivity index (χ4v) is 3.81. The van der Waals surface area contributed by atoms with Crippen molar-refractivity contribution < 1.29 is 4.79 Å². The van der Waals surface area contributed by atoms with Gasteiger partial charge in [0.05, 0.1) is 12.2 Å². The van der Waals surface area contributed by atoms with Crippen molar-refractivity contribution in [3.63, 3.8) is 0 Å². The zero-order valence-corrected chi connectivity index (χ0v) is 14.1. The summed E-state index contributed by atoms with van der Waals surface area (Å²) < 4.78 is 3.93. The number of fused-ring (bicyclic) bond motifs is 1. The lowest BCUT2D eigenvalue weighted by Crippen LogP contribution is -2.33. The Morgan fingerprint density at radius 1 is 1.33 bits per heavy atom. The quantitative estimate of drug-likeness (QED) is 0.744. The molecule has 1 aromatic carbocycles. The Balaban J connectivity index is 1.60. The van der Waals surface area contributed by atoms with Crippen LogP contribution in [0.15, 0.2) is 42.7 Å². The molecule has 0 aliphatic carbocycles. The molecule has 2 aromatic heterocycles. The van der Waals surface area contributed by atoms with Crippen LogP contribution in [0.5, 0.6) is 0 Å². The molecule has 0 radical (unpaired) electrons. The highest BCUT2D eigenvalue weighted by atomic mass is 16.2. The van der Waals surface area contributed by atoms with Gasteiger partial charge in [-0.3, -0.25) is 9.48 Å². The number of carbonyl (C=O) groups excluding carboxylic acids is 1. The topological polar surface area (TPSA) is 43.1 Å². The van der Waals surface area contributed by atoms with Crippen LogP contribution in [-0.2, 0) is 18.4 Å². The van der Waals surface area contributed by atoms with Crippen LogP contribution in [0.1, 0.15) is 30.1 Å². The summed E-state index contributed by atoms with van der Waals surface area (Å²) in [4.78, 5) is 15.0. The normalized spacial score (nSPS) is 17.8. The summed E-state index contributed by atoms with van der Waals surface area (Å²) in [5, 5.41) is 5.45. The number of hydrogen-bond donors (Lipinski definition) is 0. The van der Waals surface area contributed by atoms with E-state index in [-0.39, 0.29) is 11.9 Å². The van der Waals surface area contributed by atoms with Crippen molar-refractivity contribution >= 4 is 16.8 Å². The molecule has 1 saturated heterocycles. The van der Waals surface area contributed by atoms with Gasteiger partial charge in [0.25, 0.3) is 0 Å². The molecule has 5 nitrogen and oxygen atoms in total. The van der Waals surface area contributed by atoms with Gasteiger partial charge < -0.3 is 9.47 Å². The van der Waals surface area contributed by atoms with Crippen LogP contribution < -0.4 is 0 Å². The molecule has 1 aliphatic rings. The number of amides is 1. The molecule has 5 heteroatoms. The largest absolute Gasteiger partial charge is 0.335 e. The Morgan fingerprint density at radius 2 is 2.17 bits per heavy atom. The molecule has 4 rings (SSSR count). The first-order chi connectivity index (χ1) is 11.6. The second-order valence-electron chi connectivity index (χ2n) is 6.62. The van der Waals surface area contributed by atoms with E-state index < -0.39 is 0 Å². The minimum atomic E-state index is 0.160. The number of likely N-dealkylation sites (tertiary alicyclic amines) is 1. The van der Waals surface area contributed by atoms with Gasteiger partial charge in [0, 0.05) is 36.6 Å². The monoisotopic (exact) mass is 322 g/mol. The van der Waals surface area contributed by atoms with E-state index in [1.54, 1.807) is 4.68 Å². The van der Waals surface area contributed by atoms with Gasteiger partial charge in [-0.15, -0.1) is 0 Å². The number of hydrogen-bond acceptors (Lipinski definition) is 2. The van der Waals surface area contributed by atoms with Crippen molar-refractivity contribution in [2.45, 2.75) is 32.4 Å². The van der Waals surface area contributed by atoms with Gasteiger partial charge in [-0.1, -0.05) is 18.2 Å². The van der Waals surface area contributed by atoms with E-state index in [1.165, 1.54) is 5.39 Å². The molecule has 0 N–H and O–H groups in total. The molecule has 1 aliphatic heterocycles. The molecular weight excluding hydrogens is 300 g/mol. The Labute approximate surface area is 141 Å². The third kappa shape index (κ3) is 2.50. The maximum Gasteiger partial charge on any atom is 0.243 e. The van der Waals surface area contributed by atoms with E-state index in [2.05, 4.69) is 34.8 Å². The first-order valence-electron chi connectivity index (χ1n) is 8.46. The Kier molecular flexibility index (Phi) is 3.63. The number of aromatic nitrogens is 3. The number of benzene rings is 1. The summed E-state index contributed by atoms with van der Waals surface area (Å²) in [5.74, 6) is 0.186. The average molecular weight is 322 g/mol. The van der Waals surface area contributed by atoms with Gasteiger partial charge in [-0.05, 0) is 37.3 Å². The van der Waals surface area contributed by atoms with Crippen molar-refractivity contribution in [1.29, 1.82) is 0 Å².